The van der Waals surface area contributed by atoms with E-state index in [-0.39, 0.29) is 0 Å². The Hall–Kier alpha value is -3.30. The lowest BCUT2D eigenvalue weighted by Gasteiger charge is -2.22. The Kier molecular flexibility index (Phi) is 3.68. The third-order valence-electron chi connectivity index (χ3n) is 5.13. The van der Waals surface area contributed by atoms with E-state index in [1.165, 1.54) is 0 Å². The van der Waals surface area contributed by atoms with E-state index in [1.807, 2.05) is 49.4 Å². The number of benzene rings is 3. The first-order chi connectivity index (χ1) is 13.5. The molecule has 0 aliphatic heterocycles. The zero-order valence-corrected chi connectivity index (χ0v) is 15.7. The number of hydrogen-bond acceptors (Lipinski definition) is 3. The molecule has 28 heavy (non-hydrogen) atoms. The fourth-order valence-electron chi connectivity index (χ4n) is 3.83. The zero-order valence-electron chi connectivity index (χ0n) is 15.0. The van der Waals surface area contributed by atoms with Gasteiger partial charge in [-0.1, -0.05) is 59.6 Å². The smallest absolute Gasteiger partial charge is 0.236 e. The molecule has 0 fully saturated rings. The summed E-state index contributed by atoms with van der Waals surface area (Å²) in [6.07, 6.45) is 0. The molecule has 1 aromatic heterocycles. The van der Waals surface area contributed by atoms with Gasteiger partial charge in [0.05, 0.1) is 16.8 Å². The van der Waals surface area contributed by atoms with Crippen molar-refractivity contribution in [3.63, 3.8) is 0 Å². The van der Waals surface area contributed by atoms with E-state index < -0.39 is 11.6 Å². The van der Waals surface area contributed by atoms with E-state index in [1.54, 1.807) is 24.3 Å². The van der Waals surface area contributed by atoms with Crippen LogP contribution in [0.25, 0.3) is 33.3 Å². The van der Waals surface area contributed by atoms with Crippen molar-refractivity contribution in [1.82, 2.24) is 4.98 Å². The van der Waals surface area contributed by atoms with Crippen molar-refractivity contribution in [2.24, 2.45) is 0 Å². The zero-order chi connectivity index (χ0) is 19.4. The molecule has 4 aromatic rings. The molecular formula is C24H14ClNO2. The van der Waals surface area contributed by atoms with Crippen molar-refractivity contribution >= 4 is 34.1 Å². The number of carbonyl (C=O) groups excluding carboxylic acids is 2. The first-order valence-corrected chi connectivity index (χ1v) is 9.31. The molecule has 1 heterocycles. The van der Waals surface area contributed by atoms with Gasteiger partial charge in [-0.2, -0.15) is 0 Å². The number of carbonyl (C=O) groups is 2. The Morgan fingerprint density at radius 1 is 0.786 bits per heavy atom. The van der Waals surface area contributed by atoms with E-state index in [9.17, 15) is 9.59 Å². The highest BCUT2D eigenvalue weighted by atomic mass is 35.5. The van der Waals surface area contributed by atoms with Gasteiger partial charge in [-0.3, -0.25) is 9.59 Å². The van der Waals surface area contributed by atoms with Crippen LogP contribution in [0.2, 0.25) is 5.02 Å². The number of pyridine rings is 1. The first-order valence-electron chi connectivity index (χ1n) is 8.93. The van der Waals surface area contributed by atoms with Gasteiger partial charge in [-0.05, 0) is 36.8 Å². The third kappa shape index (κ3) is 2.40. The Morgan fingerprint density at radius 3 is 2.25 bits per heavy atom. The molecule has 134 valence electrons. The van der Waals surface area contributed by atoms with Crippen LogP contribution in [0.3, 0.4) is 0 Å². The van der Waals surface area contributed by atoms with Crippen LogP contribution in [-0.2, 0) is 0 Å². The largest absolute Gasteiger partial charge is 0.285 e. The number of aryl methyl sites for hydroxylation is 1. The molecule has 0 saturated heterocycles. The van der Waals surface area contributed by atoms with E-state index in [0.717, 1.165) is 27.6 Å². The quantitative estimate of drug-likeness (QED) is 0.384. The van der Waals surface area contributed by atoms with E-state index in [0.29, 0.717) is 27.4 Å². The van der Waals surface area contributed by atoms with Gasteiger partial charge in [0.1, 0.15) is 0 Å². The second kappa shape index (κ2) is 6.11. The Labute approximate surface area is 166 Å². The summed E-state index contributed by atoms with van der Waals surface area (Å²) in [6, 6.07) is 20.4. The van der Waals surface area contributed by atoms with Crippen molar-refractivity contribution in [2.75, 3.05) is 0 Å². The summed E-state index contributed by atoms with van der Waals surface area (Å²) in [5, 5.41) is 1.46. The molecule has 0 amide bonds. The number of aromatic nitrogens is 1. The number of hydrogen-bond donors (Lipinski definition) is 0. The van der Waals surface area contributed by atoms with Gasteiger partial charge < -0.3 is 0 Å². The van der Waals surface area contributed by atoms with Crippen molar-refractivity contribution in [2.45, 2.75) is 6.92 Å². The van der Waals surface area contributed by atoms with Crippen LogP contribution in [-0.4, -0.2) is 16.6 Å². The van der Waals surface area contributed by atoms with Crippen LogP contribution in [0.1, 0.15) is 26.3 Å². The molecule has 0 radical (unpaired) electrons. The molecule has 0 bridgehead atoms. The maximum atomic E-state index is 13.2. The van der Waals surface area contributed by atoms with Crippen LogP contribution < -0.4 is 0 Å². The lowest BCUT2D eigenvalue weighted by molar-refractivity contribution is 0.0815. The summed E-state index contributed by atoms with van der Waals surface area (Å²) in [4.78, 5) is 30.8. The minimum Gasteiger partial charge on any atom is -0.285 e. The Balaban J connectivity index is 1.98. The predicted octanol–water partition coefficient (Wildman–Crippen LogP) is 5.91. The van der Waals surface area contributed by atoms with Crippen LogP contribution in [0.5, 0.6) is 0 Å². The standard InChI is InChI=1S/C24H14ClNO2/c1-13-6-11-19-18(12-13)20(14-7-9-15(25)10-8-14)21-22(26-19)16-4-2-3-5-17(16)23(27)24(21)28/h2-12H,1H3. The fourth-order valence-corrected chi connectivity index (χ4v) is 3.96. The number of halogens is 1. The first kappa shape index (κ1) is 16.8. The maximum Gasteiger partial charge on any atom is 0.236 e. The second-order valence-corrected chi connectivity index (χ2v) is 7.38. The second-order valence-electron chi connectivity index (χ2n) is 6.94. The number of rotatable bonds is 1. The number of nitrogens with zero attached hydrogens (tertiary/aromatic N) is 1. The minimum absolute atomic E-state index is 0.365. The van der Waals surface area contributed by atoms with Gasteiger partial charge >= 0.3 is 0 Å². The van der Waals surface area contributed by atoms with Gasteiger partial charge in [0.25, 0.3) is 0 Å². The van der Waals surface area contributed by atoms with Crippen molar-refractivity contribution in [1.29, 1.82) is 0 Å². The van der Waals surface area contributed by atoms with Crippen LogP contribution in [0.4, 0.5) is 0 Å². The topological polar surface area (TPSA) is 47.0 Å². The summed E-state index contributed by atoms with van der Waals surface area (Å²) in [5.74, 6) is -1.01. The summed E-state index contributed by atoms with van der Waals surface area (Å²) in [5.41, 5.74) is 5.42. The van der Waals surface area contributed by atoms with E-state index in [4.69, 9.17) is 16.6 Å². The molecule has 3 nitrogen and oxygen atoms in total. The molecule has 0 N–H and O–H groups in total. The van der Waals surface area contributed by atoms with Crippen molar-refractivity contribution in [3.8, 4) is 22.4 Å². The molecular weight excluding hydrogens is 370 g/mol. The molecule has 5 rings (SSSR count). The average Bonchev–Trinajstić information content (AvgIpc) is 2.71. The molecule has 0 saturated carbocycles. The van der Waals surface area contributed by atoms with Crippen molar-refractivity contribution < 1.29 is 9.59 Å². The highest BCUT2D eigenvalue weighted by molar-refractivity contribution is 6.54. The van der Waals surface area contributed by atoms with Crippen LogP contribution >= 0.6 is 11.6 Å². The molecule has 0 spiro atoms. The molecule has 1 aliphatic carbocycles. The highest BCUT2D eigenvalue weighted by Gasteiger charge is 2.34. The molecule has 3 aromatic carbocycles. The van der Waals surface area contributed by atoms with Gasteiger partial charge in [0.15, 0.2) is 0 Å². The lowest BCUT2D eigenvalue weighted by Crippen LogP contribution is -2.23. The molecule has 0 atom stereocenters. The normalized spacial score (nSPS) is 12.8. The molecule has 1 aliphatic rings. The molecule has 4 heteroatoms. The Bertz CT molecular complexity index is 1310. The lowest BCUT2D eigenvalue weighted by atomic mass is 9.81. The fraction of sp³-hybridized carbons (Fsp3) is 0.0417. The molecule has 0 unspecified atom stereocenters. The maximum absolute atomic E-state index is 13.2. The van der Waals surface area contributed by atoms with Crippen LogP contribution in [0.15, 0.2) is 66.7 Å². The predicted molar refractivity (Wildman–Crippen MR) is 111 cm³/mol. The van der Waals surface area contributed by atoms with Gasteiger partial charge in [-0.25, -0.2) is 4.98 Å². The minimum atomic E-state index is -0.519. The van der Waals surface area contributed by atoms with Crippen LogP contribution in [0, 0.1) is 6.92 Å². The van der Waals surface area contributed by atoms with Gasteiger partial charge in [0.2, 0.25) is 11.6 Å². The van der Waals surface area contributed by atoms with E-state index in [2.05, 4.69) is 0 Å². The Morgan fingerprint density at radius 2 is 1.50 bits per heavy atom. The van der Waals surface area contributed by atoms with E-state index >= 15 is 0 Å². The van der Waals surface area contributed by atoms with Crippen molar-refractivity contribution in [3.05, 3.63) is 88.4 Å². The number of ketones is 2. The number of fused-ring (bicyclic) bond motifs is 4. The summed E-state index contributed by atoms with van der Waals surface area (Å²) in [7, 11) is 0. The number of Topliss-reactive ketones (excluding diaryl/α,β-unsaturated/α-hetero) is 2. The SMILES string of the molecule is Cc1ccc2nc3c(c(-c4ccc(Cl)cc4)c2c1)C(=O)C(=O)c1ccccc1-3. The summed E-state index contributed by atoms with van der Waals surface area (Å²) in [6.45, 7) is 1.99. The highest BCUT2D eigenvalue weighted by Crippen LogP contribution is 2.41. The summed E-state index contributed by atoms with van der Waals surface area (Å²) >= 11 is 6.07. The third-order valence-corrected chi connectivity index (χ3v) is 5.39. The average molecular weight is 384 g/mol. The van der Waals surface area contributed by atoms with Gasteiger partial charge in [-0.15, -0.1) is 0 Å². The summed E-state index contributed by atoms with van der Waals surface area (Å²) < 4.78 is 0. The monoisotopic (exact) mass is 383 g/mol. The van der Waals surface area contributed by atoms with Gasteiger partial charge in [0, 0.05) is 27.1 Å².